The Labute approximate surface area is 150 Å². The third-order valence-corrected chi connectivity index (χ3v) is 3.98. The van der Waals surface area contributed by atoms with E-state index in [2.05, 4.69) is 9.97 Å². The lowest BCUT2D eigenvalue weighted by atomic mass is 9.98. The van der Waals surface area contributed by atoms with E-state index in [1.807, 2.05) is 13.8 Å². The standard InChI is InChI=1S/C17H20FN3O3S/c1-10(2)14-13(16(22)23-4)15(11-6-8-12(18)9-7-11)20-17(19-14)21(3)25-24-5/h6-10H,1-5H3. The molecule has 8 heteroatoms. The number of ether oxygens (including phenoxy) is 1. The molecule has 2 aromatic rings. The summed E-state index contributed by atoms with van der Waals surface area (Å²) in [7, 11) is 4.59. The van der Waals surface area contributed by atoms with Crippen molar-refractivity contribution in [1.29, 1.82) is 0 Å². The van der Waals surface area contributed by atoms with Crippen molar-refractivity contribution in [3.63, 3.8) is 0 Å². The molecule has 0 saturated heterocycles. The number of anilines is 1. The minimum absolute atomic E-state index is 0.0454. The van der Waals surface area contributed by atoms with Crippen molar-refractivity contribution in [2.75, 3.05) is 25.6 Å². The molecule has 0 atom stereocenters. The Balaban J connectivity index is 2.74. The number of benzene rings is 1. The Hall–Kier alpha value is -2.19. The largest absolute Gasteiger partial charge is 0.465 e. The molecule has 0 spiro atoms. The molecule has 1 aromatic heterocycles. The number of carbonyl (C=O) groups is 1. The maximum absolute atomic E-state index is 13.3. The Bertz CT molecular complexity index is 754. The van der Waals surface area contributed by atoms with E-state index in [-0.39, 0.29) is 17.3 Å². The summed E-state index contributed by atoms with van der Waals surface area (Å²) in [6.07, 6.45) is 0. The van der Waals surface area contributed by atoms with Gasteiger partial charge in [-0.05, 0) is 30.2 Å². The topological polar surface area (TPSA) is 64.5 Å². The number of rotatable bonds is 6. The van der Waals surface area contributed by atoms with Gasteiger partial charge in [0, 0.05) is 12.6 Å². The van der Waals surface area contributed by atoms with E-state index in [4.69, 9.17) is 8.92 Å². The molecule has 25 heavy (non-hydrogen) atoms. The van der Waals surface area contributed by atoms with Gasteiger partial charge in [-0.25, -0.2) is 19.2 Å². The number of carbonyl (C=O) groups excluding carboxylic acids is 1. The highest BCUT2D eigenvalue weighted by Gasteiger charge is 2.25. The van der Waals surface area contributed by atoms with Crippen LogP contribution in [0, 0.1) is 5.82 Å². The maximum atomic E-state index is 13.3. The molecule has 0 N–H and O–H groups in total. The molecule has 2 rings (SSSR count). The average molecular weight is 365 g/mol. The van der Waals surface area contributed by atoms with Gasteiger partial charge in [-0.15, -0.1) is 0 Å². The van der Waals surface area contributed by atoms with Crippen LogP contribution in [0.5, 0.6) is 0 Å². The van der Waals surface area contributed by atoms with E-state index in [1.54, 1.807) is 23.5 Å². The van der Waals surface area contributed by atoms with E-state index in [0.717, 1.165) is 12.2 Å². The monoisotopic (exact) mass is 365 g/mol. The number of nitrogens with zero attached hydrogens (tertiary/aromatic N) is 3. The molecule has 6 nitrogen and oxygen atoms in total. The molecular formula is C17H20FN3O3S. The van der Waals surface area contributed by atoms with E-state index in [0.29, 0.717) is 22.9 Å². The summed E-state index contributed by atoms with van der Waals surface area (Å²) < 4.78 is 24.9. The Morgan fingerprint density at radius 1 is 1.20 bits per heavy atom. The zero-order chi connectivity index (χ0) is 18.6. The molecular weight excluding hydrogens is 345 g/mol. The molecule has 1 aromatic carbocycles. The van der Waals surface area contributed by atoms with E-state index in [9.17, 15) is 9.18 Å². The summed E-state index contributed by atoms with van der Waals surface area (Å²) >= 11 is 1.06. The summed E-state index contributed by atoms with van der Waals surface area (Å²) in [5.74, 6) is -0.566. The van der Waals surface area contributed by atoms with Crippen LogP contribution in [0.15, 0.2) is 24.3 Å². The van der Waals surface area contributed by atoms with Crippen LogP contribution in [0.4, 0.5) is 10.3 Å². The second-order valence-corrected chi connectivity index (χ2v) is 6.55. The predicted molar refractivity (Wildman–Crippen MR) is 95.9 cm³/mol. The third-order valence-electron chi connectivity index (χ3n) is 3.45. The Morgan fingerprint density at radius 3 is 2.36 bits per heavy atom. The second-order valence-electron chi connectivity index (χ2n) is 5.52. The molecule has 0 amide bonds. The fraction of sp³-hybridized carbons (Fsp3) is 0.353. The number of esters is 1. The van der Waals surface area contributed by atoms with E-state index < -0.39 is 5.97 Å². The summed E-state index contributed by atoms with van der Waals surface area (Å²) in [5.41, 5.74) is 1.83. The highest BCUT2D eigenvalue weighted by molar-refractivity contribution is 7.96. The lowest BCUT2D eigenvalue weighted by Crippen LogP contribution is -2.18. The fourth-order valence-corrected chi connectivity index (χ4v) is 2.66. The predicted octanol–water partition coefficient (Wildman–Crippen LogP) is 3.84. The van der Waals surface area contributed by atoms with Gasteiger partial charge < -0.3 is 4.74 Å². The first-order chi connectivity index (χ1) is 11.9. The number of halogens is 1. The molecule has 0 aliphatic rings. The van der Waals surface area contributed by atoms with Gasteiger partial charge in [-0.2, -0.15) is 0 Å². The summed E-state index contributed by atoms with van der Waals surface area (Å²) in [6.45, 7) is 3.85. The molecule has 134 valence electrons. The number of aromatic nitrogens is 2. The lowest BCUT2D eigenvalue weighted by molar-refractivity contribution is 0.0599. The summed E-state index contributed by atoms with van der Waals surface area (Å²) in [6, 6.07) is 5.78. The normalized spacial score (nSPS) is 10.8. The quantitative estimate of drug-likeness (QED) is 0.438. The van der Waals surface area contributed by atoms with Gasteiger partial charge in [0.15, 0.2) is 0 Å². The lowest BCUT2D eigenvalue weighted by Gasteiger charge is -2.20. The first-order valence-electron chi connectivity index (χ1n) is 7.59. The van der Waals surface area contributed by atoms with E-state index in [1.165, 1.54) is 26.4 Å². The first-order valence-corrected chi connectivity index (χ1v) is 8.29. The molecule has 0 saturated carbocycles. The third kappa shape index (κ3) is 4.26. The Morgan fingerprint density at radius 2 is 1.84 bits per heavy atom. The van der Waals surface area contributed by atoms with Gasteiger partial charge in [0.1, 0.15) is 23.6 Å². The first kappa shape index (κ1) is 19.1. The smallest absolute Gasteiger partial charge is 0.341 e. The van der Waals surface area contributed by atoms with Crippen LogP contribution in [-0.4, -0.2) is 37.2 Å². The second kappa shape index (κ2) is 8.26. The minimum atomic E-state index is -0.531. The minimum Gasteiger partial charge on any atom is -0.465 e. The van der Waals surface area contributed by atoms with Crippen molar-refractivity contribution in [3.8, 4) is 11.3 Å². The van der Waals surface area contributed by atoms with Crippen LogP contribution < -0.4 is 4.31 Å². The van der Waals surface area contributed by atoms with Crippen molar-refractivity contribution in [2.45, 2.75) is 19.8 Å². The molecule has 0 aliphatic heterocycles. The zero-order valence-electron chi connectivity index (χ0n) is 14.7. The van der Waals surface area contributed by atoms with Crippen LogP contribution in [0.3, 0.4) is 0 Å². The van der Waals surface area contributed by atoms with Crippen molar-refractivity contribution in [3.05, 3.63) is 41.3 Å². The van der Waals surface area contributed by atoms with E-state index >= 15 is 0 Å². The zero-order valence-corrected chi connectivity index (χ0v) is 15.6. The van der Waals surface area contributed by atoms with Gasteiger partial charge in [0.25, 0.3) is 0 Å². The molecule has 0 aliphatic carbocycles. The van der Waals surface area contributed by atoms with Gasteiger partial charge in [-0.1, -0.05) is 13.8 Å². The molecule has 0 fully saturated rings. The van der Waals surface area contributed by atoms with Crippen LogP contribution in [0.2, 0.25) is 0 Å². The fourth-order valence-electron chi connectivity index (χ4n) is 2.29. The number of methoxy groups -OCH3 is 1. The Kier molecular flexibility index (Phi) is 6.33. The van der Waals surface area contributed by atoms with Gasteiger partial charge >= 0.3 is 5.97 Å². The molecule has 1 heterocycles. The van der Waals surface area contributed by atoms with Crippen LogP contribution in [-0.2, 0) is 8.92 Å². The number of hydrogen-bond donors (Lipinski definition) is 0. The maximum Gasteiger partial charge on any atom is 0.341 e. The highest BCUT2D eigenvalue weighted by Crippen LogP contribution is 2.31. The molecule has 0 unspecified atom stereocenters. The number of hydrogen-bond acceptors (Lipinski definition) is 7. The van der Waals surface area contributed by atoms with Crippen molar-refractivity contribution in [2.24, 2.45) is 0 Å². The SMILES string of the molecule is COSN(C)c1nc(-c2ccc(F)cc2)c(C(=O)OC)c(C(C)C)n1. The van der Waals surface area contributed by atoms with Gasteiger partial charge in [-0.3, -0.25) is 8.49 Å². The summed E-state index contributed by atoms with van der Waals surface area (Å²) in [4.78, 5) is 21.4. The van der Waals surface area contributed by atoms with Gasteiger partial charge in [0.05, 0.1) is 25.6 Å². The highest BCUT2D eigenvalue weighted by atomic mass is 32.2. The van der Waals surface area contributed by atoms with Crippen molar-refractivity contribution in [1.82, 2.24) is 9.97 Å². The average Bonchev–Trinajstić information content (AvgIpc) is 2.60. The van der Waals surface area contributed by atoms with Crippen LogP contribution in [0.1, 0.15) is 35.8 Å². The molecule has 0 radical (unpaired) electrons. The summed E-state index contributed by atoms with van der Waals surface area (Å²) in [5, 5.41) is 0. The van der Waals surface area contributed by atoms with Crippen molar-refractivity contribution >= 4 is 24.1 Å². The van der Waals surface area contributed by atoms with Crippen LogP contribution in [0.25, 0.3) is 11.3 Å². The van der Waals surface area contributed by atoms with Crippen molar-refractivity contribution < 1.29 is 18.1 Å². The molecule has 0 bridgehead atoms. The van der Waals surface area contributed by atoms with Gasteiger partial charge in [0.2, 0.25) is 5.95 Å². The van der Waals surface area contributed by atoms with Crippen LogP contribution >= 0.6 is 12.2 Å².